The van der Waals surface area contributed by atoms with Crippen molar-refractivity contribution in [3.05, 3.63) is 34.4 Å². The van der Waals surface area contributed by atoms with Crippen LogP contribution in [0.4, 0.5) is 0 Å². The number of nitrogens with one attached hydrogen (secondary N) is 1. The molecule has 0 bridgehead atoms. The molecule has 0 radical (unpaired) electrons. The third-order valence-corrected chi connectivity index (χ3v) is 4.08. The molecule has 0 unspecified atom stereocenters. The van der Waals surface area contributed by atoms with Gasteiger partial charge in [-0.05, 0) is 63.4 Å². The second-order valence-corrected chi connectivity index (χ2v) is 5.47. The van der Waals surface area contributed by atoms with Crippen molar-refractivity contribution in [2.24, 2.45) is 5.73 Å². The maximum atomic E-state index is 12.1. The lowest BCUT2D eigenvalue weighted by atomic mass is 9.69. The minimum atomic E-state index is -0.479. The van der Waals surface area contributed by atoms with Gasteiger partial charge >= 0.3 is 0 Å². The minimum absolute atomic E-state index is 0.181. The Hall–Kier alpha value is -1.35. The van der Waals surface area contributed by atoms with Crippen molar-refractivity contribution in [2.75, 3.05) is 13.1 Å². The maximum Gasteiger partial charge on any atom is 0.228 e. The molecule has 1 amide bonds. The molecule has 0 aromatic heterocycles. The molecule has 3 nitrogen and oxygen atoms in total. The summed E-state index contributed by atoms with van der Waals surface area (Å²) in [5, 5.41) is 3.31. The van der Waals surface area contributed by atoms with E-state index >= 15 is 0 Å². The zero-order chi connectivity index (χ0) is 13.3. The standard InChI is InChI=1S/C15H22N2O/c1-10-8-11(2)13(12(3)9-10)15(14(16)18)4-6-17-7-5-15/h8-9,17H,4-7H2,1-3H3,(H2,16,18). The quantitative estimate of drug-likeness (QED) is 0.835. The summed E-state index contributed by atoms with van der Waals surface area (Å²) in [6.45, 7) is 7.97. The number of nitrogens with two attached hydrogens (primary N) is 1. The van der Waals surface area contributed by atoms with Crippen LogP contribution in [0.2, 0.25) is 0 Å². The molecule has 1 aliphatic rings. The van der Waals surface area contributed by atoms with Crippen molar-refractivity contribution in [1.29, 1.82) is 0 Å². The topological polar surface area (TPSA) is 55.1 Å². The van der Waals surface area contributed by atoms with E-state index in [0.29, 0.717) is 0 Å². The summed E-state index contributed by atoms with van der Waals surface area (Å²) in [6, 6.07) is 4.30. The van der Waals surface area contributed by atoms with Gasteiger partial charge < -0.3 is 11.1 Å². The number of piperidine rings is 1. The van der Waals surface area contributed by atoms with E-state index in [1.807, 2.05) is 0 Å². The summed E-state index contributed by atoms with van der Waals surface area (Å²) in [5.41, 5.74) is 10.0. The van der Waals surface area contributed by atoms with Gasteiger partial charge in [0.2, 0.25) is 5.91 Å². The fraction of sp³-hybridized carbons (Fsp3) is 0.533. The highest BCUT2D eigenvalue weighted by atomic mass is 16.1. The van der Waals surface area contributed by atoms with Crippen LogP contribution in [0.15, 0.2) is 12.1 Å². The lowest BCUT2D eigenvalue weighted by Crippen LogP contribution is -2.49. The smallest absolute Gasteiger partial charge is 0.228 e. The van der Waals surface area contributed by atoms with E-state index in [0.717, 1.165) is 31.5 Å². The Morgan fingerprint density at radius 2 is 1.67 bits per heavy atom. The molecule has 0 spiro atoms. The molecule has 1 aromatic carbocycles. The highest BCUT2D eigenvalue weighted by molar-refractivity contribution is 5.88. The molecule has 0 saturated carbocycles. The molecule has 0 atom stereocenters. The van der Waals surface area contributed by atoms with E-state index in [1.165, 1.54) is 16.7 Å². The summed E-state index contributed by atoms with van der Waals surface area (Å²) in [4.78, 5) is 12.1. The Morgan fingerprint density at radius 3 is 2.11 bits per heavy atom. The molecule has 2 rings (SSSR count). The second-order valence-electron chi connectivity index (χ2n) is 5.47. The Morgan fingerprint density at radius 1 is 1.17 bits per heavy atom. The predicted molar refractivity (Wildman–Crippen MR) is 73.6 cm³/mol. The highest BCUT2D eigenvalue weighted by Crippen LogP contribution is 2.37. The Balaban J connectivity index is 2.59. The predicted octanol–water partition coefficient (Wildman–Crippen LogP) is 1.72. The lowest BCUT2D eigenvalue weighted by molar-refractivity contribution is -0.124. The molecule has 0 aliphatic carbocycles. The van der Waals surface area contributed by atoms with Gasteiger partial charge in [0.15, 0.2) is 0 Å². The van der Waals surface area contributed by atoms with Gasteiger partial charge in [-0.1, -0.05) is 17.7 Å². The number of carbonyl (C=O) groups excluding carboxylic acids is 1. The Kier molecular flexibility index (Phi) is 3.44. The fourth-order valence-corrected chi connectivity index (χ4v) is 3.41. The largest absolute Gasteiger partial charge is 0.369 e. The molecule has 1 fully saturated rings. The van der Waals surface area contributed by atoms with Crippen LogP contribution in [-0.4, -0.2) is 19.0 Å². The molecule has 98 valence electrons. The molecule has 18 heavy (non-hydrogen) atoms. The molecule has 1 aliphatic heterocycles. The number of hydrogen-bond donors (Lipinski definition) is 2. The number of amides is 1. The molecule has 1 heterocycles. The summed E-state index contributed by atoms with van der Waals surface area (Å²) in [7, 11) is 0. The Labute approximate surface area is 109 Å². The van der Waals surface area contributed by atoms with Crippen molar-refractivity contribution in [3.63, 3.8) is 0 Å². The third-order valence-electron chi connectivity index (χ3n) is 4.08. The average molecular weight is 246 g/mol. The van der Waals surface area contributed by atoms with Crippen molar-refractivity contribution < 1.29 is 4.79 Å². The van der Waals surface area contributed by atoms with E-state index < -0.39 is 5.41 Å². The first kappa shape index (κ1) is 13.1. The van der Waals surface area contributed by atoms with Crippen LogP contribution >= 0.6 is 0 Å². The second kappa shape index (κ2) is 4.73. The van der Waals surface area contributed by atoms with E-state index in [-0.39, 0.29) is 5.91 Å². The van der Waals surface area contributed by atoms with Gasteiger partial charge in [0.25, 0.3) is 0 Å². The normalized spacial score (nSPS) is 18.6. The van der Waals surface area contributed by atoms with Crippen LogP contribution in [0.1, 0.15) is 35.1 Å². The van der Waals surface area contributed by atoms with Crippen LogP contribution in [0.5, 0.6) is 0 Å². The Bertz CT molecular complexity index is 450. The van der Waals surface area contributed by atoms with Crippen LogP contribution in [0.3, 0.4) is 0 Å². The number of benzene rings is 1. The zero-order valence-electron chi connectivity index (χ0n) is 11.5. The summed E-state index contributed by atoms with van der Waals surface area (Å²) >= 11 is 0. The van der Waals surface area contributed by atoms with Gasteiger partial charge in [0.1, 0.15) is 0 Å². The van der Waals surface area contributed by atoms with Crippen LogP contribution in [0, 0.1) is 20.8 Å². The van der Waals surface area contributed by atoms with Crippen LogP contribution < -0.4 is 11.1 Å². The number of rotatable bonds is 2. The van der Waals surface area contributed by atoms with E-state index in [2.05, 4.69) is 38.2 Å². The first-order valence-corrected chi connectivity index (χ1v) is 6.56. The van der Waals surface area contributed by atoms with Gasteiger partial charge in [0, 0.05) is 0 Å². The third kappa shape index (κ3) is 2.03. The van der Waals surface area contributed by atoms with Crippen molar-refractivity contribution in [2.45, 2.75) is 39.0 Å². The van der Waals surface area contributed by atoms with E-state index in [1.54, 1.807) is 0 Å². The molecule has 1 saturated heterocycles. The molecular formula is C15H22N2O. The van der Waals surface area contributed by atoms with E-state index in [4.69, 9.17) is 5.73 Å². The lowest BCUT2D eigenvalue weighted by Gasteiger charge is -2.37. The maximum absolute atomic E-state index is 12.1. The first-order chi connectivity index (χ1) is 8.47. The summed E-state index contributed by atoms with van der Waals surface area (Å²) in [6.07, 6.45) is 1.60. The number of aryl methyl sites for hydroxylation is 3. The van der Waals surface area contributed by atoms with Crippen molar-refractivity contribution in [3.8, 4) is 0 Å². The average Bonchev–Trinajstić information content (AvgIpc) is 2.28. The van der Waals surface area contributed by atoms with Gasteiger partial charge in [-0.25, -0.2) is 0 Å². The van der Waals surface area contributed by atoms with Gasteiger partial charge in [-0.2, -0.15) is 0 Å². The minimum Gasteiger partial charge on any atom is -0.369 e. The van der Waals surface area contributed by atoms with E-state index in [9.17, 15) is 4.79 Å². The summed E-state index contributed by atoms with van der Waals surface area (Å²) < 4.78 is 0. The van der Waals surface area contributed by atoms with Crippen molar-refractivity contribution >= 4 is 5.91 Å². The van der Waals surface area contributed by atoms with Crippen LogP contribution in [0.25, 0.3) is 0 Å². The highest BCUT2D eigenvalue weighted by Gasteiger charge is 2.41. The number of carbonyl (C=O) groups is 1. The van der Waals surface area contributed by atoms with Crippen molar-refractivity contribution in [1.82, 2.24) is 5.32 Å². The zero-order valence-corrected chi connectivity index (χ0v) is 11.5. The monoisotopic (exact) mass is 246 g/mol. The molecule has 1 aromatic rings. The SMILES string of the molecule is Cc1cc(C)c(C2(C(N)=O)CCNCC2)c(C)c1. The van der Waals surface area contributed by atoms with Gasteiger partial charge in [0.05, 0.1) is 5.41 Å². The number of primary amides is 1. The molecule has 3 N–H and O–H groups in total. The first-order valence-electron chi connectivity index (χ1n) is 6.56. The van der Waals surface area contributed by atoms with Crippen LogP contribution in [-0.2, 0) is 10.2 Å². The van der Waals surface area contributed by atoms with Gasteiger partial charge in [-0.15, -0.1) is 0 Å². The summed E-state index contributed by atoms with van der Waals surface area (Å²) in [5.74, 6) is -0.181. The fourth-order valence-electron chi connectivity index (χ4n) is 3.41. The van der Waals surface area contributed by atoms with Gasteiger partial charge in [-0.3, -0.25) is 4.79 Å². The molecular weight excluding hydrogens is 224 g/mol. The number of hydrogen-bond acceptors (Lipinski definition) is 2. The molecule has 3 heteroatoms.